The van der Waals surface area contributed by atoms with Crippen molar-refractivity contribution in [2.45, 2.75) is 11.3 Å². The van der Waals surface area contributed by atoms with Crippen molar-refractivity contribution < 1.29 is 35.5 Å². The number of aromatic carboxylic acids is 1. The average molecular weight is 342 g/mol. The number of halogens is 2. The highest BCUT2D eigenvalue weighted by Crippen LogP contribution is 2.22. The molecule has 0 fully saturated rings. The SMILES string of the molecule is CS(=O)(=O)CCCS(=O)(=O)c1ccc(F)c(C(=O)O)c1F. The second-order valence-corrected chi connectivity index (χ2v) is 8.68. The molecule has 0 radical (unpaired) electrons. The highest BCUT2D eigenvalue weighted by Gasteiger charge is 2.26. The number of carboxylic acids is 1. The summed E-state index contributed by atoms with van der Waals surface area (Å²) in [6.07, 6.45) is 0.640. The normalized spacial score (nSPS) is 12.3. The first kappa shape index (κ1) is 17.5. The van der Waals surface area contributed by atoms with Crippen LogP contribution in [0, 0.1) is 11.6 Å². The van der Waals surface area contributed by atoms with E-state index >= 15 is 0 Å². The summed E-state index contributed by atoms with van der Waals surface area (Å²) in [5, 5.41) is 8.67. The first-order valence-corrected chi connectivity index (χ1v) is 9.29. The van der Waals surface area contributed by atoms with Crippen LogP contribution in [0.4, 0.5) is 8.78 Å². The third-order valence-electron chi connectivity index (χ3n) is 2.53. The van der Waals surface area contributed by atoms with E-state index in [0.29, 0.717) is 12.1 Å². The van der Waals surface area contributed by atoms with Gasteiger partial charge in [-0.2, -0.15) is 0 Å². The third-order valence-corrected chi connectivity index (χ3v) is 5.37. The Balaban J connectivity index is 3.15. The summed E-state index contributed by atoms with van der Waals surface area (Å²) in [5.41, 5.74) is -1.36. The van der Waals surface area contributed by atoms with Gasteiger partial charge >= 0.3 is 5.97 Å². The molecule has 1 aromatic rings. The lowest BCUT2D eigenvalue weighted by Gasteiger charge is -2.08. The summed E-state index contributed by atoms with van der Waals surface area (Å²) in [5.74, 6) is -6.13. The van der Waals surface area contributed by atoms with E-state index in [9.17, 15) is 30.4 Å². The van der Waals surface area contributed by atoms with Crippen LogP contribution >= 0.6 is 0 Å². The number of carboxylic acid groups (broad SMARTS) is 1. The van der Waals surface area contributed by atoms with Crippen molar-refractivity contribution >= 4 is 25.6 Å². The van der Waals surface area contributed by atoms with Crippen LogP contribution < -0.4 is 0 Å². The summed E-state index contributed by atoms with van der Waals surface area (Å²) < 4.78 is 72.6. The van der Waals surface area contributed by atoms with Crippen LogP contribution in [0.15, 0.2) is 17.0 Å². The smallest absolute Gasteiger partial charge is 0.341 e. The van der Waals surface area contributed by atoms with Crippen LogP contribution in [0.3, 0.4) is 0 Å². The van der Waals surface area contributed by atoms with Crippen LogP contribution in [0.5, 0.6) is 0 Å². The molecule has 6 nitrogen and oxygen atoms in total. The van der Waals surface area contributed by atoms with Crippen LogP contribution in [0.2, 0.25) is 0 Å². The van der Waals surface area contributed by atoms with Crippen molar-refractivity contribution in [3.05, 3.63) is 29.3 Å². The molecule has 0 amide bonds. The lowest BCUT2D eigenvalue weighted by molar-refractivity contribution is 0.0685. The molecule has 0 aromatic heterocycles. The molecule has 0 unspecified atom stereocenters. The van der Waals surface area contributed by atoms with Crippen LogP contribution in [0.1, 0.15) is 16.8 Å². The number of hydrogen-bond acceptors (Lipinski definition) is 5. The molecule has 0 spiro atoms. The Hall–Kier alpha value is -1.55. The molecule has 118 valence electrons. The highest BCUT2D eigenvalue weighted by atomic mass is 32.2. The fourth-order valence-electron chi connectivity index (χ4n) is 1.59. The maximum Gasteiger partial charge on any atom is 0.341 e. The molecular formula is C11H12F2O6S2. The zero-order valence-electron chi connectivity index (χ0n) is 10.8. The van der Waals surface area contributed by atoms with Gasteiger partial charge in [-0.15, -0.1) is 0 Å². The molecule has 0 saturated carbocycles. The van der Waals surface area contributed by atoms with Crippen LogP contribution in [-0.2, 0) is 19.7 Å². The molecule has 0 heterocycles. The van der Waals surface area contributed by atoms with Crippen molar-refractivity contribution in [1.29, 1.82) is 0 Å². The summed E-state index contributed by atoms with van der Waals surface area (Å²) in [7, 11) is -7.64. The number of hydrogen-bond donors (Lipinski definition) is 1. The second kappa shape index (κ2) is 6.06. The Morgan fingerprint density at radius 1 is 1.14 bits per heavy atom. The maximum atomic E-state index is 13.8. The number of benzene rings is 1. The molecule has 0 aliphatic rings. The van der Waals surface area contributed by atoms with Crippen molar-refractivity contribution in [2.24, 2.45) is 0 Å². The molecule has 21 heavy (non-hydrogen) atoms. The van der Waals surface area contributed by atoms with Crippen molar-refractivity contribution in [1.82, 2.24) is 0 Å². The Labute approximate surface area is 120 Å². The van der Waals surface area contributed by atoms with E-state index in [1.807, 2.05) is 0 Å². The quantitative estimate of drug-likeness (QED) is 0.769. The van der Waals surface area contributed by atoms with E-state index in [1.165, 1.54) is 0 Å². The molecule has 1 rings (SSSR count). The lowest BCUT2D eigenvalue weighted by Crippen LogP contribution is -2.16. The number of sulfone groups is 2. The highest BCUT2D eigenvalue weighted by molar-refractivity contribution is 7.92. The van der Waals surface area contributed by atoms with Gasteiger partial charge in [-0.25, -0.2) is 30.4 Å². The summed E-state index contributed by atoms with van der Waals surface area (Å²) in [4.78, 5) is 9.75. The van der Waals surface area contributed by atoms with E-state index in [2.05, 4.69) is 0 Å². The van der Waals surface area contributed by atoms with Crippen molar-refractivity contribution in [3.8, 4) is 0 Å². The van der Waals surface area contributed by atoms with Crippen molar-refractivity contribution in [3.63, 3.8) is 0 Å². The molecule has 1 aromatic carbocycles. The Morgan fingerprint density at radius 2 is 1.71 bits per heavy atom. The average Bonchev–Trinajstić information content (AvgIpc) is 2.25. The van der Waals surface area contributed by atoms with Gasteiger partial charge in [0.15, 0.2) is 15.7 Å². The fraction of sp³-hybridized carbons (Fsp3) is 0.364. The Morgan fingerprint density at radius 3 is 2.19 bits per heavy atom. The Kier molecular flexibility index (Phi) is 5.05. The lowest BCUT2D eigenvalue weighted by atomic mass is 10.2. The minimum atomic E-state index is -4.26. The zero-order valence-corrected chi connectivity index (χ0v) is 12.5. The van der Waals surface area contributed by atoms with Gasteiger partial charge in [-0.3, -0.25) is 0 Å². The predicted octanol–water partition coefficient (Wildman–Crippen LogP) is 0.871. The van der Waals surface area contributed by atoms with Crippen molar-refractivity contribution in [2.75, 3.05) is 17.8 Å². The molecule has 0 bridgehead atoms. The molecule has 0 aliphatic heterocycles. The van der Waals surface area contributed by atoms with Gasteiger partial charge in [-0.1, -0.05) is 0 Å². The fourth-order valence-corrected chi connectivity index (χ4v) is 3.84. The summed E-state index contributed by atoms with van der Waals surface area (Å²) in [6.45, 7) is 0. The summed E-state index contributed by atoms with van der Waals surface area (Å²) in [6, 6.07) is 1.16. The minimum absolute atomic E-state index is 0.277. The van der Waals surface area contributed by atoms with Gasteiger partial charge in [-0.05, 0) is 18.6 Å². The molecule has 10 heteroatoms. The maximum absolute atomic E-state index is 13.8. The molecule has 0 aliphatic carbocycles. The van der Waals surface area contributed by atoms with E-state index in [0.717, 1.165) is 6.26 Å². The van der Waals surface area contributed by atoms with E-state index < -0.39 is 59.2 Å². The van der Waals surface area contributed by atoms with E-state index in [-0.39, 0.29) is 6.42 Å². The summed E-state index contributed by atoms with van der Waals surface area (Å²) >= 11 is 0. The Bertz CT molecular complexity index is 768. The minimum Gasteiger partial charge on any atom is -0.477 e. The van der Waals surface area contributed by atoms with E-state index in [4.69, 9.17) is 5.11 Å². The first-order chi connectivity index (χ1) is 9.46. The molecule has 0 atom stereocenters. The number of rotatable bonds is 6. The molecule has 1 N–H and O–H groups in total. The van der Waals surface area contributed by atoms with Crippen LogP contribution in [0.25, 0.3) is 0 Å². The van der Waals surface area contributed by atoms with Gasteiger partial charge in [0.1, 0.15) is 26.1 Å². The third kappa shape index (κ3) is 4.46. The monoisotopic (exact) mass is 342 g/mol. The van der Waals surface area contributed by atoms with Gasteiger partial charge in [0, 0.05) is 6.26 Å². The standard InChI is InChI=1S/C11H12F2O6S2/c1-20(16,17)5-2-6-21(18,19)8-4-3-7(12)9(10(8)13)11(14)15/h3-4H,2,5-6H2,1H3,(H,14,15). The van der Waals surface area contributed by atoms with Gasteiger partial charge in [0.25, 0.3) is 0 Å². The topological polar surface area (TPSA) is 106 Å². The largest absolute Gasteiger partial charge is 0.477 e. The van der Waals surface area contributed by atoms with E-state index in [1.54, 1.807) is 0 Å². The molecular weight excluding hydrogens is 330 g/mol. The molecule has 0 saturated heterocycles. The van der Waals surface area contributed by atoms with Crippen LogP contribution in [-0.4, -0.2) is 45.7 Å². The zero-order chi connectivity index (χ0) is 16.4. The second-order valence-electron chi connectivity index (χ2n) is 4.34. The predicted molar refractivity (Wildman–Crippen MR) is 69.7 cm³/mol. The first-order valence-electron chi connectivity index (χ1n) is 5.57. The van der Waals surface area contributed by atoms with Gasteiger partial charge < -0.3 is 5.11 Å². The van der Waals surface area contributed by atoms with Gasteiger partial charge in [0.05, 0.1) is 11.5 Å². The van der Waals surface area contributed by atoms with Gasteiger partial charge in [0.2, 0.25) is 0 Å². The number of carbonyl (C=O) groups is 1.